The van der Waals surface area contributed by atoms with E-state index < -0.39 is 21.8 Å². The highest BCUT2D eigenvalue weighted by molar-refractivity contribution is 9.10. The number of hydrogen-bond acceptors (Lipinski definition) is 14. The Morgan fingerprint density at radius 3 is 2.59 bits per heavy atom. The number of ketones is 1. The molecule has 2 saturated heterocycles. The maximum Gasteiger partial charge on any atom is 0.256 e. The van der Waals surface area contributed by atoms with E-state index in [9.17, 15) is 22.8 Å². The number of rotatable bonds is 12. The Labute approximate surface area is 343 Å². The predicted molar refractivity (Wildman–Crippen MR) is 219 cm³/mol. The fraction of sp³-hybridized carbons (Fsp3) is 0.436. The molecule has 2 atom stereocenters. The molecule has 0 spiro atoms. The maximum absolute atomic E-state index is 13.4. The first-order chi connectivity index (χ1) is 28.0. The largest absolute Gasteiger partial charge is 0.352 e. The number of carbonyl (C=O) groups excluding carboxylic acids is 3. The third kappa shape index (κ3) is 7.17. The molecule has 0 radical (unpaired) electrons. The maximum atomic E-state index is 13.4. The summed E-state index contributed by atoms with van der Waals surface area (Å²) in [5.41, 5.74) is 4.27. The molecule has 17 nitrogen and oxygen atoms in total. The van der Waals surface area contributed by atoms with E-state index in [1.165, 1.54) is 12.4 Å². The summed E-state index contributed by atoms with van der Waals surface area (Å²) >= 11 is 3.85. The SMILES string of the molecule is CC(C)n1nc(N2CCN(Cc3ccc4c(c3Br)CN(C3CCC(C(=O)C=O)NC3)C4=O)CC2)c2cnc(Nc3ccnc(-c4cnn(S(=O)(=O)C5CC5)c4)n3)cc21. The van der Waals surface area contributed by atoms with Crippen LogP contribution in [0.3, 0.4) is 0 Å². The fourth-order valence-electron chi connectivity index (χ4n) is 8.12. The van der Waals surface area contributed by atoms with E-state index in [0.717, 1.165) is 69.1 Å². The summed E-state index contributed by atoms with van der Waals surface area (Å²) in [5, 5.41) is 16.2. The van der Waals surface area contributed by atoms with Crippen LogP contribution < -0.4 is 15.5 Å². The molecular formula is C39H43BrN12O5S. The second kappa shape index (κ2) is 15.2. The van der Waals surface area contributed by atoms with Gasteiger partial charge in [0.15, 0.2) is 17.9 Å². The molecule has 9 rings (SSSR count). The van der Waals surface area contributed by atoms with E-state index in [1.807, 2.05) is 34.0 Å². The summed E-state index contributed by atoms with van der Waals surface area (Å²) in [4.78, 5) is 56.5. The number of nitrogens with one attached hydrogen (secondary N) is 2. The molecule has 2 unspecified atom stereocenters. The van der Waals surface area contributed by atoms with Gasteiger partial charge in [-0.2, -0.15) is 14.3 Å². The number of halogens is 1. The normalized spacial score (nSPS) is 20.2. The molecule has 1 aliphatic carbocycles. The molecule has 58 heavy (non-hydrogen) atoms. The van der Waals surface area contributed by atoms with Crippen molar-refractivity contribution in [1.29, 1.82) is 0 Å². The van der Waals surface area contributed by atoms with Crippen molar-refractivity contribution in [3.63, 3.8) is 0 Å². The fourth-order valence-corrected chi connectivity index (χ4v) is 10.2. The molecule has 4 aliphatic rings. The quantitative estimate of drug-likeness (QED) is 0.136. The van der Waals surface area contributed by atoms with Gasteiger partial charge in [0.2, 0.25) is 5.78 Å². The van der Waals surface area contributed by atoms with Gasteiger partial charge in [-0.3, -0.25) is 24.0 Å². The van der Waals surface area contributed by atoms with E-state index in [4.69, 9.17) is 10.1 Å². The van der Waals surface area contributed by atoms with E-state index in [1.54, 1.807) is 12.3 Å². The van der Waals surface area contributed by atoms with Gasteiger partial charge in [0, 0.05) is 86.4 Å². The highest BCUT2D eigenvalue weighted by Gasteiger charge is 2.39. The lowest BCUT2D eigenvalue weighted by Crippen LogP contribution is -2.52. The molecule has 5 aromatic rings. The molecule has 19 heteroatoms. The number of fused-ring (bicyclic) bond motifs is 2. The Hall–Kier alpha value is -5.11. The van der Waals surface area contributed by atoms with Crippen LogP contribution in [0.4, 0.5) is 17.5 Å². The summed E-state index contributed by atoms with van der Waals surface area (Å²) in [5.74, 6) is 1.89. The van der Waals surface area contributed by atoms with Gasteiger partial charge in [-0.05, 0) is 62.8 Å². The first-order valence-corrected chi connectivity index (χ1v) is 21.9. The van der Waals surface area contributed by atoms with Crippen LogP contribution in [0, 0.1) is 0 Å². The number of aromatic nitrogens is 7. The number of piperidine rings is 1. The first kappa shape index (κ1) is 38.4. The van der Waals surface area contributed by atoms with Crippen LogP contribution in [-0.4, -0.2) is 120 Å². The Bertz CT molecular complexity index is 2540. The minimum atomic E-state index is -3.50. The zero-order chi connectivity index (χ0) is 40.3. The molecule has 3 aliphatic heterocycles. The van der Waals surface area contributed by atoms with Crippen LogP contribution in [0.1, 0.15) is 67.1 Å². The van der Waals surface area contributed by atoms with Crippen molar-refractivity contribution < 1.29 is 22.8 Å². The van der Waals surface area contributed by atoms with Crippen LogP contribution in [0.25, 0.3) is 22.3 Å². The Balaban J connectivity index is 0.853. The molecule has 1 amide bonds. The van der Waals surface area contributed by atoms with E-state index in [-0.39, 0.29) is 23.2 Å². The van der Waals surface area contributed by atoms with Gasteiger partial charge >= 0.3 is 0 Å². The average Bonchev–Trinajstić information content (AvgIpc) is 3.71. The third-order valence-electron chi connectivity index (χ3n) is 11.5. The van der Waals surface area contributed by atoms with E-state index >= 15 is 0 Å². The van der Waals surface area contributed by atoms with Gasteiger partial charge in [-0.15, -0.1) is 0 Å². The number of nitrogens with zero attached hydrogens (tertiary/aromatic N) is 10. The minimum absolute atomic E-state index is 0.000640. The van der Waals surface area contributed by atoms with Gasteiger partial charge in [0.1, 0.15) is 11.6 Å². The van der Waals surface area contributed by atoms with Crippen molar-refractivity contribution in [3.8, 4) is 11.4 Å². The lowest BCUT2D eigenvalue weighted by atomic mass is 9.97. The summed E-state index contributed by atoms with van der Waals surface area (Å²) in [6, 6.07) is 7.27. The molecule has 4 aromatic heterocycles. The highest BCUT2D eigenvalue weighted by Crippen LogP contribution is 2.36. The molecule has 1 aromatic carbocycles. The third-order valence-corrected chi connectivity index (χ3v) is 14.5. The molecular weight excluding hydrogens is 828 g/mol. The lowest BCUT2D eigenvalue weighted by molar-refractivity contribution is -0.131. The van der Waals surface area contributed by atoms with Crippen LogP contribution >= 0.6 is 15.9 Å². The first-order valence-electron chi connectivity index (χ1n) is 19.6. The number of piperazine rings is 1. The number of anilines is 3. The van der Waals surface area contributed by atoms with Gasteiger partial charge in [-0.25, -0.2) is 23.4 Å². The summed E-state index contributed by atoms with van der Waals surface area (Å²) in [6.07, 6.45) is 9.25. The van der Waals surface area contributed by atoms with Crippen molar-refractivity contribution >= 4 is 72.3 Å². The Morgan fingerprint density at radius 2 is 1.86 bits per heavy atom. The van der Waals surface area contributed by atoms with Crippen LogP contribution in [0.2, 0.25) is 0 Å². The highest BCUT2D eigenvalue weighted by atomic mass is 79.9. The number of Topliss-reactive ketones (excluding diaryl/α,β-unsaturated/α-hetero) is 1. The van der Waals surface area contributed by atoms with Gasteiger partial charge in [0.05, 0.1) is 40.2 Å². The predicted octanol–water partition coefficient (Wildman–Crippen LogP) is 3.68. The van der Waals surface area contributed by atoms with Crippen molar-refractivity contribution in [2.45, 2.75) is 76.0 Å². The molecule has 302 valence electrons. The molecule has 0 bridgehead atoms. The van der Waals surface area contributed by atoms with Gasteiger partial charge < -0.3 is 20.4 Å². The van der Waals surface area contributed by atoms with Crippen molar-refractivity contribution in [1.82, 2.24) is 49.0 Å². The monoisotopic (exact) mass is 870 g/mol. The van der Waals surface area contributed by atoms with E-state index in [0.29, 0.717) is 73.6 Å². The van der Waals surface area contributed by atoms with Crippen molar-refractivity contribution in [2.75, 3.05) is 42.9 Å². The standard InChI is InChI=1S/C39H43BrN12O5S/c1-23(2)52-32-15-35(45-34-9-10-41-37(46-34)25-16-44-51(20-25)58(56,57)27-5-6-27)43-18-29(32)38(47-52)49-13-11-48(12-14-49)19-24-3-7-28-30(36(24)40)21-50(39(28)55)26-4-8-31(42-17-26)33(54)22-53/h3,7,9-10,15-16,18,20,22-23,26-27,31,42H,4-6,8,11-14,17,19,21H2,1-2H3,(H,41,43,45,46). The van der Waals surface area contributed by atoms with E-state index in [2.05, 4.69) is 65.3 Å². The average molecular weight is 872 g/mol. The smallest absolute Gasteiger partial charge is 0.256 e. The number of benzene rings is 1. The summed E-state index contributed by atoms with van der Waals surface area (Å²) in [6.45, 7) is 9.14. The zero-order valence-corrected chi connectivity index (χ0v) is 34.5. The summed E-state index contributed by atoms with van der Waals surface area (Å²) < 4.78 is 29.3. The number of amides is 1. The van der Waals surface area contributed by atoms with Gasteiger partial charge in [-0.1, -0.05) is 22.0 Å². The Morgan fingerprint density at radius 1 is 1.05 bits per heavy atom. The zero-order valence-electron chi connectivity index (χ0n) is 32.1. The lowest BCUT2D eigenvalue weighted by Gasteiger charge is -2.35. The molecule has 1 saturated carbocycles. The second-order valence-corrected chi connectivity index (χ2v) is 18.5. The molecule has 2 N–H and O–H groups in total. The second-order valence-electron chi connectivity index (χ2n) is 15.7. The number of carbonyl (C=O) groups is 3. The van der Waals surface area contributed by atoms with Crippen LogP contribution in [-0.2, 0) is 32.7 Å². The topological polar surface area (TPSA) is 193 Å². The van der Waals surface area contributed by atoms with Gasteiger partial charge in [0.25, 0.3) is 15.9 Å². The summed E-state index contributed by atoms with van der Waals surface area (Å²) in [7, 11) is -3.50. The number of pyridine rings is 1. The molecule has 3 fully saturated rings. The number of aldehydes is 1. The van der Waals surface area contributed by atoms with Crippen molar-refractivity contribution in [3.05, 3.63) is 70.2 Å². The van der Waals surface area contributed by atoms with Crippen LogP contribution in [0.15, 0.2) is 53.5 Å². The minimum Gasteiger partial charge on any atom is -0.352 e. The van der Waals surface area contributed by atoms with Crippen LogP contribution in [0.5, 0.6) is 0 Å². The van der Waals surface area contributed by atoms with Crippen molar-refractivity contribution in [2.24, 2.45) is 0 Å². The number of hydrogen-bond donors (Lipinski definition) is 2. The molecule has 7 heterocycles. The Kier molecular flexibility index (Phi) is 10.1.